The van der Waals surface area contributed by atoms with Crippen molar-refractivity contribution in [1.29, 1.82) is 0 Å². The number of hydrogen-bond acceptors (Lipinski definition) is 1. The van der Waals surface area contributed by atoms with Gasteiger partial charge in [0.1, 0.15) is 5.82 Å². The van der Waals surface area contributed by atoms with E-state index in [1.165, 1.54) is 6.07 Å². The zero-order valence-corrected chi connectivity index (χ0v) is 9.06. The Bertz CT molecular complexity index is 482. The highest BCUT2D eigenvalue weighted by atomic mass is 35.5. The van der Waals surface area contributed by atoms with Crippen molar-refractivity contribution in [3.8, 4) is 11.3 Å². The quantitative estimate of drug-likeness (QED) is 0.730. The molecule has 0 aliphatic heterocycles. The van der Waals surface area contributed by atoms with E-state index < -0.39 is 0 Å². The summed E-state index contributed by atoms with van der Waals surface area (Å²) in [5.41, 5.74) is 1.47. The molecule has 1 aromatic carbocycles. The molecular weight excluding hydrogens is 236 g/mol. The lowest BCUT2D eigenvalue weighted by Crippen LogP contribution is -1.84. The van der Waals surface area contributed by atoms with Crippen molar-refractivity contribution >= 4 is 23.2 Å². The number of halogens is 3. The minimum atomic E-state index is -0.362. The Balaban J connectivity index is 2.45. The molecule has 0 unspecified atom stereocenters. The summed E-state index contributed by atoms with van der Waals surface area (Å²) < 4.78 is 12.6. The lowest BCUT2D eigenvalue weighted by Gasteiger charge is -2.02. The molecule has 0 radical (unpaired) electrons. The van der Waals surface area contributed by atoms with Gasteiger partial charge in [0.05, 0.1) is 21.9 Å². The van der Waals surface area contributed by atoms with Crippen molar-refractivity contribution in [1.82, 2.24) is 4.98 Å². The molecule has 15 heavy (non-hydrogen) atoms. The van der Waals surface area contributed by atoms with Gasteiger partial charge in [-0.2, -0.15) is 0 Å². The molecule has 0 bridgehead atoms. The van der Waals surface area contributed by atoms with E-state index in [0.29, 0.717) is 15.7 Å². The first-order valence-corrected chi connectivity index (χ1v) is 4.99. The number of pyridine rings is 1. The molecule has 0 saturated carbocycles. The molecule has 1 heterocycles. The summed E-state index contributed by atoms with van der Waals surface area (Å²) in [6, 6.07) is 8.11. The van der Waals surface area contributed by atoms with Crippen LogP contribution in [0.2, 0.25) is 10.0 Å². The molecule has 4 heteroatoms. The molecule has 0 amide bonds. The fourth-order valence-electron chi connectivity index (χ4n) is 1.20. The molecule has 2 rings (SSSR count). The van der Waals surface area contributed by atoms with Gasteiger partial charge in [-0.3, -0.25) is 4.98 Å². The normalized spacial score (nSPS) is 10.3. The fourth-order valence-corrected chi connectivity index (χ4v) is 1.50. The van der Waals surface area contributed by atoms with Gasteiger partial charge < -0.3 is 0 Å². The molecule has 76 valence electrons. The highest BCUT2D eigenvalue weighted by molar-refractivity contribution is 6.42. The highest BCUT2D eigenvalue weighted by Gasteiger charge is 2.03. The molecule has 0 saturated heterocycles. The van der Waals surface area contributed by atoms with Crippen LogP contribution in [0.15, 0.2) is 36.5 Å². The molecular formula is C11H6Cl2FN. The molecule has 1 nitrogen and oxygen atoms in total. The zero-order chi connectivity index (χ0) is 10.8. The van der Waals surface area contributed by atoms with Crippen LogP contribution in [0.25, 0.3) is 11.3 Å². The lowest BCUT2D eigenvalue weighted by atomic mass is 10.1. The minimum Gasteiger partial charge on any atom is -0.253 e. The van der Waals surface area contributed by atoms with Crippen LogP contribution in [0.4, 0.5) is 4.39 Å². The SMILES string of the molecule is Fc1ccc(-c2ccc(Cl)c(Cl)c2)nc1. The van der Waals surface area contributed by atoms with Gasteiger partial charge in [-0.05, 0) is 24.3 Å². The average Bonchev–Trinajstić information content (AvgIpc) is 2.23. The smallest absolute Gasteiger partial charge is 0.141 e. The summed E-state index contributed by atoms with van der Waals surface area (Å²) in [4.78, 5) is 3.94. The van der Waals surface area contributed by atoms with Crippen LogP contribution in [0.5, 0.6) is 0 Å². The van der Waals surface area contributed by atoms with E-state index in [2.05, 4.69) is 4.98 Å². The van der Waals surface area contributed by atoms with Gasteiger partial charge in [0.15, 0.2) is 0 Å². The number of rotatable bonds is 1. The van der Waals surface area contributed by atoms with Crippen molar-refractivity contribution in [2.75, 3.05) is 0 Å². The van der Waals surface area contributed by atoms with Crippen molar-refractivity contribution in [2.24, 2.45) is 0 Å². The first kappa shape index (κ1) is 10.4. The van der Waals surface area contributed by atoms with Crippen LogP contribution < -0.4 is 0 Å². The predicted octanol–water partition coefficient (Wildman–Crippen LogP) is 4.19. The Morgan fingerprint density at radius 3 is 2.40 bits per heavy atom. The molecule has 0 fully saturated rings. The van der Waals surface area contributed by atoms with Crippen LogP contribution in [0, 0.1) is 5.82 Å². The summed E-state index contributed by atoms with van der Waals surface area (Å²) in [7, 11) is 0. The van der Waals surface area contributed by atoms with Gasteiger partial charge >= 0.3 is 0 Å². The zero-order valence-electron chi connectivity index (χ0n) is 7.55. The van der Waals surface area contributed by atoms with Crippen LogP contribution in [-0.4, -0.2) is 4.98 Å². The summed E-state index contributed by atoms with van der Waals surface area (Å²) in [5, 5.41) is 0.947. The molecule has 0 N–H and O–H groups in total. The summed E-state index contributed by atoms with van der Waals surface area (Å²) in [6.07, 6.45) is 1.16. The van der Waals surface area contributed by atoms with E-state index in [1.54, 1.807) is 24.3 Å². The number of hydrogen-bond donors (Lipinski definition) is 0. The van der Waals surface area contributed by atoms with Crippen molar-refractivity contribution in [2.45, 2.75) is 0 Å². The Morgan fingerprint density at radius 2 is 1.80 bits per heavy atom. The van der Waals surface area contributed by atoms with E-state index in [4.69, 9.17) is 23.2 Å². The van der Waals surface area contributed by atoms with E-state index in [-0.39, 0.29) is 5.82 Å². The highest BCUT2D eigenvalue weighted by Crippen LogP contribution is 2.27. The number of aromatic nitrogens is 1. The van der Waals surface area contributed by atoms with E-state index in [0.717, 1.165) is 11.8 Å². The van der Waals surface area contributed by atoms with Gasteiger partial charge in [0, 0.05) is 5.56 Å². The van der Waals surface area contributed by atoms with Gasteiger partial charge in [0.2, 0.25) is 0 Å². The van der Waals surface area contributed by atoms with Crippen molar-refractivity contribution in [3.63, 3.8) is 0 Å². The second-order valence-electron chi connectivity index (χ2n) is 2.99. The third-order valence-corrected chi connectivity index (χ3v) is 2.68. The largest absolute Gasteiger partial charge is 0.253 e. The maximum atomic E-state index is 12.6. The molecule has 0 aliphatic carbocycles. The Labute approximate surface area is 96.5 Å². The maximum absolute atomic E-state index is 12.6. The van der Waals surface area contributed by atoms with Crippen molar-refractivity contribution in [3.05, 3.63) is 52.4 Å². The molecule has 0 aliphatic rings. The lowest BCUT2D eigenvalue weighted by molar-refractivity contribution is 0.622. The Morgan fingerprint density at radius 1 is 1.00 bits per heavy atom. The second kappa shape index (κ2) is 4.17. The van der Waals surface area contributed by atoms with Gasteiger partial charge in [0.25, 0.3) is 0 Å². The molecule has 1 aromatic heterocycles. The number of benzene rings is 1. The third-order valence-electron chi connectivity index (χ3n) is 1.94. The van der Waals surface area contributed by atoms with Crippen LogP contribution in [-0.2, 0) is 0 Å². The predicted molar refractivity (Wildman–Crippen MR) is 59.7 cm³/mol. The third kappa shape index (κ3) is 2.28. The van der Waals surface area contributed by atoms with Crippen LogP contribution in [0.3, 0.4) is 0 Å². The Hall–Kier alpha value is -1.12. The second-order valence-corrected chi connectivity index (χ2v) is 3.80. The maximum Gasteiger partial charge on any atom is 0.141 e. The first-order valence-electron chi connectivity index (χ1n) is 4.24. The topological polar surface area (TPSA) is 12.9 Å². The van der Waals surface area contributed by atoms with Crippen LogP contribution in [0.1, 0.15) is 0 Å². The fraction of sp³-hybridized carbons (Fsp3) is 0. The van der Waals surface area contributed by atoms with E-state index in [9.17, 15) is 4.39 Å². The molecule has 2 aromatic rings. The van der Waals surface area contributed by atoms with E-state index >= 15 is 0 Å². The first-order chi connectivity index (χ1) is 7.16. The molecule has 0 atom stereocenters. The standard InChI is InChI=1S/C11H6Cl2FN/c12-9-3-1-7(5-10(9)13)11-4-2-8(14)6-15-11/h1-6H. The van der Waals surface area contributed by atoms with Gasteiger partial charge in [-0.15, -0.1) is 0 Å². The summed E-state index contributed by atoms with van der Waals surface area (Å²) in [6.45, 7) is 0. The number of nitrogens with zero attached hydrogens (tertiary/aromatic N) is 1. The molecule has 0 spiro atoms. The van der Waals surface area contributed by atoms with Gasteiger partial charge in [-0.1, -0.05) is 29.3 Å². The summed E-state index contributed by atoms with van der Waals surface area (Å²) in [5.74, 6) is -0.362. The van der Waals surface area contributed by atoms with E-state index in [1.807, 2.05) is 0 Å². The minimum absolute atomic E-state index is 0.362. The van der Waals surface area contributed by atoms with Crippen LogP contribution >= 0.6 is 23.2 Å². The van der Waals surface area contributed by atoms with Gasteiger partial charge in [-0.25, -0.2) is 4.39 Å². The van der Waals surface area contributed by atoms with Crippen molar-refractivity contribution < 1.29 is 4.39 Å². The Kier molecular flexibility index (Phi) is 2.89. The summed E-state index contributed by atoms with van der Waals surface area (Å²) >= 11 is 11.6. The monoisotopic (exact) mass is 241 g/mol. The average molecular weight is 242 g/mol.